The van der Waals surface area contributed by atoms with Crippen LogP contribution in [0.4, 0.5) is 14.5 Å². The van der Waals surface area contributed by atoms with Gasteiger partial charge in [0.15, 0.2) is 0 Å². The van der Waals surface area contributed by atoms with E-state index >= 15 is 0 Å². The summed E-state index contributed by atoms with van der Waals surface area (Å²) in [4.78, 5) is 0.577. The zero-order valence-electron chi connectivity index (χ0n) is 11.4. The number of halogens is 2. The van der Waals surface area contributed by atoms with Gasteiger partial charge in [-0.05, 0) is 43.7 Å². The number of hydrogen-bond donors (Lipinski definition) is 1. The Balaban J connectivity index is 2.00. The van der Waals surface area contributed by atoms with E-state index < -0.39 is 5.76 Å². The van der Waals surface area contributed by atoms with E-state index in [2.05, 4.69) is 43.4 Å². The fourth-order valence-corrected chi connectivity index (χ4v) is 2.42. The predicted molar refractivity (Wildman–Crippen MR) is 81.5 cm³/mol. The highest BCUT2D eigenvalue weighted by molar-refractivity contribution is 7.99. The molecule has 0 saturated heterocycles. The number of anilines is 1. The quantitative estimate of drug-likeness (QED) is 0.732. The van der Waals surface area contributed by atoms with E-state index in [0.717, 1.165) is 5.69 Å². The van der Waals surface area contributed by atoms with Gasteiger partial charge < -0.3 is 5.32 Å². The molecular weight excluding hydrogens is 276 g/mol. The molecule has 20 heavy (non-hydrogen) atoms. The average molecular weight is 293 g/mol. The molecule has 2 rings (SSSR count). The summed E-state index contributed by atoms with van der Waals surface area (Å²) >= 11 is 0.563. The van der Waals surface area contributed by atoms with Crippen LogP contribution in [-0.4, -0.2) is 5.76 Å². The molecule has 0 aliphatic heterocycles. The molecule has 0 aliphatic rings. The normalized spacial score (nSPS) is 12.4. The summed E-state index contributed by atoms with van der Waals surface area (Å²) in [6.45, 7) is 4.13. The van der Waals surface area contributed by atoms with Gasteiger partial charge in [-0.15, -0.1) is 0 Å². The third kappa shape index (κ3) is 4.23. The molecule has 0 aromatic heterocycles. The van der Waals surface area contributed by atoms with Gasteiger partial charge in [0.2, 0.25) is 0 Å². The van der Waals surface area contributed by atoms with Gasteiger partial charge in [-0.25, -0.2) is 0 Å². The van der Waals surface area contributed by atoms with Crippen LogP contribution >= 0.6 is 11.8 Å². The first-order valence-electron chi connectivity index (χ1n) is 6.42. The van der Waals surface area contributed by atoms with Crippen molar-refractivity contribution in [1.82, 2.24) is 0 Å². The van der Waals surface area contributed by atoms with Crippen LogP contribution in [0.15, 0.2) is 53.4 Å². The number of rotatable bonds is 5. The fraction of sp³-hybridized carbons (Fsp3) is 0.250. The highest BCUT2D eigenvalue weighted by Gasteiger charge is 2.07. The highest BCUT2D eigenvalue weighted by atomic mass is 32.2. The van der Waals surface area contributed by atoms with E-state index in [4.69, 9.17) is 0 Å². The number of nitrogens with one attached hydrogen (secondary N) is 1. The van der Waals surface area contributed by atoms with Gasteiger partial charge in [0.25, 0.3) is 5.76 Å². The van der Waals surface area contributed by atoms with Crippen LogP contribution in [-0.2, 0) is 0 Å². The minimum absolute atomic E-state index is 0.171. The first kappa shape index (κ1) is 14.9. The van der Waals surface area contributed by atoms with Crippen molar-refractivity contribution in [3.63, 3.8) is 0 Å². The van der Waals surface area contributed by atoms with E-state index in [0.29, 0.717) is 16.7 Å². The number of aryl methyl sites for hydroxylation is 1. The van der Waals surface area contributed by atoms with Crippen molar-refractivity contribution >= 4 is 17.4 Å². The lowest BCUT2D eigenvalue weighted by molar-refractivity contribution is 0.252. The molecule has 2 aromatic rings. The molecule has 1 nitrogen and oxygen atoms in total. The van der Waals surface area contributed by atoms with Crippen LogP contribution in [0.1, 0.15) is 24.1 Å². The number of hydrogen-bond acceptors (Lipinski definition) is 2. The second kappa shape index (κ2) is 6.75. The van der Waals surface area contributed by atoms with Gasteiger partial charge in [0.1, 0.15) is 0 Å². The summed E-state index contributed by atoms with van der Waals surface area (Å²) in [5.74, 6) is -2.37. The van der Waals surface area contributed by atoms with Gasteiger partial charge in [-0.1, -0.05) is 41.6 Å². The fourth-order valence-electron chi connectivity index (χ4n) is 1.92. The van der Waals surface area contributed by atoms with Crippen molar-refractivity contribution in [2.24, 2.45) is 0 Å². The van der Waals surface area contributed by atoms with Crippen LogP contribution in [0.3, 0.4) is 0 Å². The molecule has 106 valence electrons. The van der Waals surface area contributed by atoms with Crippen LogP contribution < -0.4 is 5.32 Å². The van der Waals surface area contributed by atoms with E-state index in [9.17, 15) is 8.78 Å². The molecule has 0 spiro atoms. The van der Waals surface area contributed by atoms with Crippen LogP contribution in [0.2, 0.25) is 0 Å². The van der Waals surface area contributed by atoms with Gasteiger partial charge in [0.05, 0.1) is 0 Å². The molecular formula is C16H17F2NS. The van der Waals surface area contributed by atoms with E-state index in [1.807, 2.05) is 12.1 Å². The Kier molecular flexibility index (Phi) is 5.01. The topological polar surface area (TPSA) is 12.0 Å². The van der Waals surface area contributed by atoms with E-state index in [1.165, 1.54) is 11.1 Å². The highest BCUT2D eigenvalue weighted by Crippen LogP contribution is 2.27. The van der Waals surface area contributed by atoms with Crippen molar-refractivity contribution in [3.8, 4) is 0 Å². The summed E-state index contributed by atoms with van der Waals surface area (Å²) in [5, 5.41) is 3.36. The van der Waals surface area contributed by atoms with Gasteiger partial charge in [-0.3, -0.25) is 0 Å². The minimum atomic E-state index is -2.37. The minimum Gasteiger partial charge on any atom is -0.379 e. The maximum Gasteiger partial charge on any atom is 0.288 e. The molecule has 2 aromatic carbocycles. The summed E-state index contributed by atoms with van der Waals surface area (Å²) in [7, 11) is 0. The Hall–Kier alpha value is -1.55. The first-order chi connectivity index (χ1) is 9.54. The SMILES string of the molecule is Cc1ccc(C(C)Nc2ccc(SC(F)F)cc2)cc1. The largest absolute Gasteiger partial charge is 0.379 e. The molecule has 0 bridgehead atoms. The van der Waals surface area contributed by atoms with Crippen LogP contribution in [0, 0.1) is 6.92 Å². The van der Waals surface area contributed by atoms with Crippen LogP contribution in [0.25, 0.3) is 0 Å². The van der Waals surface area contributed by atoms with Crippen molar-refractivity contribution in [3.05, 3.63) is 59.7 Å². The Morgan fingerprint density at radius 3 is 2.10 bits per heavy atom. The summed E-state index contributed by atoms with van der Waals surface area (Å²) in [6.07, 6.45) is 0. The monoisotopic (exact) mass is 293 g/mol. The molecule has 1 N–H and O–H groups in total. The number of alkyl halides is 2. The van der Waals surface area contributed by atoms with Crippen molar-refractivity contribution < 1.29 is 8.78 Å². The van der Waals surface area contributed by atoms with E-state index in [-0.39, 0.29) is 6.04 Å². The standard InChI is InChI=1S/C16H17F2NS/c1-11-3-5-13(6-4-11)12(2)19-14-7-9-15(10-8-14)20-16(17)18/h3-10,12,16,19H,1-2H3. The van der Waals surface area contributed by atoms with Crippen molar-refractivity contribution in [1.29, 1.82) is 0 Å². The maximum absolute atomic E-state index is 12.2. The number of benzene rings is 2. The maximum atomic E-state index is 12.2. The number of thioether (sulfide) groups is 1. The molecule has 0 aliphatic carbocycles. The Bertz CT molecular complexity index is 537. The molecule has 0 fully saturated rings. The molecule has 1 atom stereocenters. The molecule has 1 unspecified atom stereocenters. The molecule has 0 heterocycles. The molecule has 4 heteroatoms. The second-order valence-corrected chi connectivity index (χ2v) is 5.74. The van der Waals surface area contributed by atoms with Crippen molar-refractivity contribution in [2.45, 2.75) is 30.5 Å². The van der Waals surface area contributed by atoms with Crippen molar-refractivity contribution in [2.75, 3.05) is 5.32 Å². The van der Waals surface area contributed by atoms with E-state index in [1.54, 1.807) is 12.1 Å². The average Bonchev–Trinajstić information content (AvgIpc) is 2.41. The zero-order valence-corrected chi connectivity index (χ0v) is 12.3. The smallest absolute Gasteiger partial charge is 0.288 e. The summed E-state index contributed by atoms with van der Waals surface area (Å²) < 4.78 is 24.5. The second-order valence-electron chi connectivity index (χ2n) is 4.68. The van der Waals surface area contributed by atoms with Crippen LogP contribution in [0.5, 0.6) is 0 Å². The third-order valence-electron chi connectivity index (χ3n) is 3.04. The predicted octanol–water partition coefficient (Wildman–Crippen LogP) is 5.48. The third-order valence-corrected chi connectivity index (χ3v) is 3.76. The molecule has 0 saturated carbocycles. The zero-order chi connectivity index (χ0) is 14.5. The summed E-state index contributed by atoms with van der Waals surface area (Å²) in [6, 6.07) is 15.6. The summed E-state index contributed by atoms with van der Waals surface area (Å²) in [5.41, 5.74) is 3.35. The lowest BCUT2D eigenvalue weighted by atomic mass is 10.1. The first-order valence-corrected chi connectivity index (χ1v) is 7.30. The Labute approximate surface area is 122 Å². The lowest BCUT2D eigenvalue weighted by Gasteiger charge is -2.16. The van der Waals surface area contributed by atoms with Gasteiger partial charge in [-0.2, -0.15) is 8.78 Å². The van der Waals surface area contributed by atoms with Gasteiger partial charge >= 0.3 is 0 Å². The molecule has 0 radical (unpaired) electrons. The molecule has 0 amide bonds. The van der Waals surface area contributed by atoms with Gasteiger partial charge in [0, 0.05) is 16.6 Å². The Morgan fingerprint density at radius 2 is 1.55 bits per heavy atom. The lowest BCUT2D eigenvalue weighted by Crippen LogP contribution is -2.06. The Morgan fingerprint density at radius 1 is 0.950 bits per heavy atom.